The molecule has 0 atom stereocenters. The first-order valence-electron chi connectivity index (χ1n) is 21.0. The van der Waals surface area contributed by atoms with Gasteiger partial charge in [0.1, 0.15) is 23.0 Å². The average Bonchev–Trinajstić information content (AvgIpc) is 3.29. The number of phenols is 2. The van der Waals surface area contributed by atoms with Gasteiger partial charge >= 0.3 is 0 Å². The number of aromatic hydroxyl groups is 2. The maximum absolute atomic E-state index is 10.5. The normalized spacial score (nSPS) is 10.8. The summed E-state index contributed by atoms with van der Waals surface area (Å²) in [7, 11) is 0. The van der Waals surface area contributed by atoms with E-state index in [1.807, 2.05) is 66.8 Å². The van der Waals surface area contributed by atoms with E-state index >= 15 is 0 Å². The third-order valence-corrected chi connectivity index (χ3v) is 13.0. The highest BCUT2D eigenvalue weighted by Crippen LogP contribution is 2.47. The van der Waals surface area contributed by atoms with E-state index < -0.39 is 0 Å². The molecule has 8 aromatic rings. The molecule has 9 heteroatoms. The Hall–Kier alpha value is -4.38. The standard InChI is InChI=1S/C30H28Br2O2.C20H12Br2O2.C5H9Br/c1-3-5-7-17-33-27-15-9-21-19-23(31)11-13-25(21)29(27)30-26-14-12-24(32)20-22(26)10-16-28(30)34-18-8-6-4-2;21-13-3-5-15-11(9-13)1-7-17(23)19(15)20-16-6-4-14(22)10-12(16)2-8-18(20)24;1-2-3-4-5-6/h3-4,9-16,19-20H,1-2,5-8,17-18H2;1-10,23-24H;2H,1,3-5H2. The third-order valence-electron chi connectivity index (χ3n) is 10.5. The lowest BCUT2D eigenvalue weighted by Crippen LogP contribution is -2.02. The first-order valence-corrected chi connectivity index (χ1v) is 25.3. The molecule has 0 heterocycles. The Bertz CT molecular complexity index is 2730. The van der Waals surface area contributed by atoms with Crippen molar-refractivity contribution in [1.82, 2.24) is 0 Å². The molecule has 0 radical (unpaired) electrons. The average molecular weight is 1170 g/mol. The number of allylic oxidation sites excluding steroid dienone is 3. The Balaban J connectivity index is 0.000000197. The van der Waals surface area contributed by atoms with Crippen molar-refractivity contribution in [2.24, 2.45) is 0 Å². The minimum Gasteiger partial charge on any atom is -0.507 e. The second-order valence-electron chi connectivity index (χ2n) is 14.9. The molecule has 0 unspecified atom stereocenters. The van der Waals surface area contributed by atoms with Crippen molar-refractivity contribution in [3.63, 3.8) is 0 Å². The largest absolute Gasteiger partial charge is 0.507 e. The van der Waals surface area contributed by atoms with Crippen LogP contribution in [0.3, 0.4) is 0 Å². The summed E-state index contributed by atoms with van der Waals surface area (Å²) in [6.07, 6.45) is 11.8. The molecule has 0 fully saturated rings. The van der Waals surface area contributed by atoms with Gasteiger partial charge in [0.2, 0.25) is 0 Å². The van der Waals surface area contributed by atoms with Crippen molar-refractivity contribution < 1.29 is 19.7 Å². The molecule has 0 saturated heterocycles. The Morgan fingerprint density at radius 3 is 1.03 bits per heavy atom. The van der Waals surface area contributed by atoms with Crippen LogP contribution in [0.2, 0.25) is 0 Å². The van der Waals surface area contributed by atoms with Crippen molar-refractivity contribution in [2.75, 3.05) is 18.5 Å². The number of fused-ring (bicyclic) bond motifs is 4. The number of alkyl halides is 1. The van der Waals surface area contributed by atoms with Crippen molar-refractivity contribution in [1.29, 1.82) is 0 Å². The summed E-state index contributed by atoms with van der Waals surface area (Å²) in [5, 5.41) is 30.5. The number of phenolic OH excluding ortho intramolecular Hbond substituents is 2. The van der Waals surface area contributed by atoms with Gasteiger partial charge in [-0.1, -0.05) is 146 Å². The van der Waals surface area contributed by atoms with Gasteiger partial charge in [-0.2, -0.15) is 0 Å². The van der Waals surface area contributed by atoms with Crippen LogP contribution in [0, 0.1) is 0 Å². The van der Waals surface area contributed by atoms with E-state index in [4.69, 9.17) is 9.47 Å². The molecule has 64 heavy (non-hydrogen) atoms. The number of unbranched alkanes of at least 4 members (excludes halogenated alkanes) is 3. The Morgan fingerprint density at radius 2 is 0.719 bits per heavy atom. The highest BCUT2D eigenvalue weighted by Gasteiger charge is 2.20. The Morgan fingerprint density at radius 1 is 0.406 bits per heavy atom. The first-order chi connectivity index (χ1) is 31.1. The molecule has 8 rings (SSSR count). The smallest absolute Gasteiger partial charge is 0.127 e. The van der Waals surface area contributed by atoms with Crippen LogP contribution in [0.4, 0.5) is 0 Å². The van der Waals surface area contributed by atoms with Gasteiger partial charge in [0, 0.05) is 45.5 Å². The van der Waals surface area contributed by atoms with E-state index in [-0.39, 0.29) is 11.5 Å². The molecule has 0 aliphatic carbocycles. The lowest BCUT2D eigenvalue weighted by atomic mass is 9.92. The fourth-order valence-electron chi connectivity index (χ4n) is 7.46. The van der Waals surface area contributed by atoms with Crippen LogP contribution in [-0.4, -0.2) is 28.8 Å². The van der Waals surface area contributed by atoms with Crippen molar-refractivity contribution in [2.45, 2.75) is 38.5 Å². The summed E-state index contributed by atoms with van der Waals surface area (Å²) in [6, 6.07) is 40.0. The molecular weight excluding hydrogens is 1120 g/mol. The second-order valence-corrected chi connectivity index (χ2v) is 19.4. The molecule has 0 bridgehead atoms. The molecule has 0 saturated carbocycles. The van der Waals surface area contributed by atoms with Gasteiger partial charge in [-0.15, -0.1) is 19.7 Å². The fourth-order valence-corrected chi connectivity index (χ4v) is 9.30. The zero-order valence-corrected chi connectivity index (χ0v) is 43.3. The van der Waals surface area contributed by atoms with Gasteiger partial charge in [-0.25, -0.2) is 0 Å². The Labute approximate surface area is 418 Å². The van der Waals surface area contributed by atoms with Crippen molar-refractivity contribution >= 4 is 123 Å². The van der Waals surface area contributed by atoms with Gasteiger partial charge in [-0.05, 0) is 154 Å². The molecule has 0 aromatic heterocycles. The van der Waals surface area contributed by atoms with Crippen LogP contribution in [0.25, 0.3) is 65.3 Å². The van der Waals surface area contributed by atoms with E-state index in [2.05, 4.69) is 160 Å². The molecule has 0 aliphatic heterocycles. The topological polar surface area (TPSA) is 58.9 Å². The minimum atomic E-state index is 0.149. The second kappa shape index (κ2) is 24.2. The molecule has 0 spiro atoms. The summed E-state index contributed by atoms with van der Waals surface area (Å²) in [4.78, 5) is 0. The number of halogens is 5. The van der Waals surface area contributed by atoms with E-state index in [0.717, 1.165) is 121 Å². The van der Waals surface area contributed by atoms with Crippen LogP contribution < -0.4 is 9.47 Å². The summed E-state index contributed by atoms with van der Waals surface area (Å²) < 4.78 is 16.8. The monoisotopic (exact) mass is 1170 g/mol. The van der Waals surface area contributed by atoms with Crippen LogP contribution in [0.15, 0.2) is 177 Å². The summed E-state index contributed by atoms with van der Waals surface area (Å²) in [5.74, 6) is 2.03. The first kappa shape index (κ1) is 49.1. The molecule has 8 aromatic carbocycles. The molecule has 328 valence electrons. The third kappa shape index (κ3) is 12.3. The highest BCUT2D eigenvalue weighted by atomic mass is 79.9. The molecule has 0 aliphatic rings. The number of ether oxygens (including phenoxy) is 2. The maximum Gasteiger partial charge on any atom is 0.127 e. The van der Waals surface area contributed by atoms with Gasteiger partial charge in [0.05, 0.1) is 13.2 Å². The summed E-state index contributed by atoms with van der Waals surface area (Å²) in [6.45, 7) is 12.5. The SMILES string of the molecule is C=CCCCBr.C=CCCCOc1ccc2cc(Br)ccc2c1-c1c(OCCCC=C)ccc2cc(Br)ccc12.Oc1ccc2cc(Br)ccc2c1-c1c(O)ccc2cc(Br)ccc12. The van der Waals surface area contributed by atoms with Gasteiger partial charge in [-0.3, -0.25) is 0 Å². The molecule has 0 amide bonds. The van der Waals surface area contributed by atoms with Crippen LogP contribution in [-0.2, 0) is 0 Å². The van der Waals surface area contributed by atoms with Crippen molar-refractivity contribution in [3.8, 4) is 45.3 Å². The number of hydrogen-bond acceptors (Lipinski definition) is 4. The predicted molar refractivity (Wildman–Crippen MR) is 291 cm³/mol. The van der Waals surface area contributed by atoms with Crippen LogP contribution in [0.1, 0.15) is 38.5 Å². The Kier molecular flexibility index (Phi) is 18.6. The number of rotatable bonds is 15. The van der Waals surface area contributed by atoms with E-state index in [0.29, 0.717) is 24.3 Å². The molecule has 2 N–H and O–H groups in total. The van der Waals surface area contributed by atoms with Gasteiger partial charge in [0.25, 0.3) is 0 Å². The predicted octanol–water partition coefficient (Wildman–Crippen LogP) is 18.8. The van der Waals surface area contributed by atoms with Crippen LogP contribution >= 0.6 is 79.6 Å². The van der Waals surface area contributed by atoms with E-state index in [1.54, 1.807) is 12.1 Å². The summed E-state index contributed by atoms with van der Waals surface area (Å²) in [5.41, 5.74) is 3.42. The van der Waals surface area contributed by atoms with E-state index in [1.165, 1.54) is 6.42 Å². The maximum atomic E-state index is 10.5. The number of hydrogen-bond donors (Lipinski definition) is 2. The molecule has 4 nitrogen and oxygen atoms in total. The lowest BCUT2D eigenvalue weighted by molar-refractivity contribution is 0.309. The summed E-state index contributed by atoms with van der Waals surface area (Å²) >= 11 is 17.5. The quantitative estimate of drug-likeness (QED) is 0.0610. The van der Waals surface area contributed by atoms with Crippen molar-refractivity contribution in [3.05, 3.63) is 177 Å². The lowest BCUT2D eigenvalue weighted by Gasteiger charge is -2.20. The zero-order valence-electron chi connectivity index (χ0n) is 35.4. The number of benzene rings is 8. The fraction of sp³-hybridized carbons (Fsp3) is 0.164. The molecular formula is C55H49Br5O4. The van der Waals surface area contributed by atoms with Crippen LogP contribution in [0.5, 0.6) is 23.0 Å². The van der Waals surface area contributed by atoms with E-state index in [9.17, 15) is 10.2 Å². The zero-order chi connectivity index (χ0) is 45.6. The highest BCUT2D eigenvalue weighted by molar-refractivity contribution is 9.11. The van der Waals surface area contributed by atoms with Gasteiger partial charge < -0.3 is 19.7 Å². The minimum absolute atomic E-state index is 0.149. The van der Waals surface area contributed by atoms with Gasteiger partial charge in [0.15, 0.2) is 0 Å².